The second-order valence-corrected chi connectivity index (χ2v) is 28.0. The van der Waals surface area contributed by atoms with Crippen molar-refractivity contribution in [3.63, 3.8) is 0 Å². The highest BCUT2D eigenvalue weighted by atomic mass is 16.3. The maximum Gasteiger partial charge on any atom is 0.164 e. The van der Waals surface area contributed by atoms with Crippen LogP contribution in [0.1, 0.15) is 0 Å². The number of furan rings is 2. The van der Waals surface area contributed by atoms with Crippen LogP contribution in [0.15, 0.2) is 397 Å². The third-order valence-electron chi connectivity index (χ3n) is 21.3. The minimum Gasteiger partial charge on any atom is -0.456 e. The Hall–Kier alpha value is -15.3. The highest BCUT2D eigenvalue weighted by Crippen LogP contribution is 2.47. The molecular weight excluding hydrogens is 1370 g/mol. The Labute approximate surface area is 643 Å². The fourth-order valence-electron chi connectivity index (χ4n) is 16.1. The standard InChI is InChI=1S/2C51H32N4O/c1-5-16-33(17-6-1)36-28-29-38(42(30-36)51-53-49(34-18-7-2-8-19-34)52-50(54-51)35-20-9-3-10-21-35)40-25-15-27-46-48(40)43-31-45-41(32-47(43)56-46)39-24-13-14-26-44(39)55(45)37-22-11-4-12-23-37;1-5-15-33(16-6-1)36-25-27-39(44(29-36)51-53-49(34-17-7-2-8-18-34)52-50(54-51)35-19-9-3-10-20-35)37-26-28-47-42(30-37)43-31-46-41(32-48(43)56-47)40-23-13-14-24-45(40)55(46)38-21-11-4-12-22-38/h2*1-32H. The lowest BCUT2D eigenvalue weighted by Crippen LogP contribution is -2.01. The smallest absolute Gasteiger partial charge is 0.164 e. The molecule has 10 nitrogen and oxygen atoms in total. The summed E-state index contributed by atoms with van der Waals surface area (Å²) in [5, 5.41) is 8.90. The van der Waals surface area contributed by atoms with Crippen molar-refractivity contribution in [1.82, 2.24) is 39.0 Å². The molecule has 0 radical (unpaired) electrons. The number of hydrogen-bond donors (Lipinski definition) is 0. The van der Waals surface area contributed by atoms with Gasteiger partial charge in [-0.1, -0.05) is 297 Å². The van der Waals surface area contributed by atoms with Gasteiger partial charge in [0.2, 0.25) is 0 Å². The minimum atomic E-state index is 0.599. The summed E-state index contributed by atoms with van der Waals surface area (Å²) in [5.74, 6) is 3.69. The molecule has 22 aromatic rings. The number of rotatable bonds is 12. The van der Waals surface area contributed by atoms with Crippen molar-refractivity contribution in [2.24, 2.45) is 0 Å². The van der Waals surface area contributed by atoms with E-state index in [4.69, 9.17) is 38.7 Å². The van der Waals surface area contributed by atoms with Gasteiger partial charge in [-0.3, -0.25) is 0 Å². The summed E-state index contributed by atoms with van der Waals surface area (Å²) in [6.07, 6.45) is 0. The summed E-state index contributed by atoms with van der Waals surface area (Å²) in [6, 6.07) is 135. The van der Waals surface area contributed by atoms with Crippen molar-refractivity contribution in [3.05, 3.63) is 388 Å². The molecule has 0 aliphatic rings. The molecular formula is C102H64N8O2. The summed E-state index contributed by atoms with van der Waals surface area (Å²) in [4.78, 5) is 30.8. The second kappa shape index (κ2) is 27.5. The van der Waals surface area contributed by atoms with E-state index in [9.17, 15) is 0 Å². The van der Waals surface area contributed by atoms with Crippen LogP contribution in [0, 0.1) is 0 Å². The first-order valence-corrected chi connectivity index (χ1v) is 37.5. The fraction of sp³-hybridized carbons (Fsp3) is 0. The van der Waals surface area contributed by atoms with Gasteiger partial charge in [-0.05, 0) is 136 Å². The van der Waals surface area contributed by atoms with Crippen molar-refractivity contribution in [1.29, 1.82) is 0 Å². The molecule has 0 atom stereocenters. The normalized spacial score (nSPS) is 11.6. The summed E-state index contributed by atoms with van der Waals surface area (Å²) in [6.45, 7) is 0. The summed E-state index contributed by atoms with van der Waals surface area (Å²) >= 11 is 0. The Kier molecular flexibility index (Phi) is 16.0. The van der Waals surface area contributed by atoms with E-state index < -0.39 is 0 Å². The number of fused-ring (bicyclic) bond motifs is 12. The van der Waals surface area contributed by atoms with Crippen molar-refractivity contribution >= 4 is 87.5 Å². The molecule has 524 valence electrons. The van der Waals surface area contributed by atoms with Crippen LogP contribution in [0.3, 0.4) is 0 Å². The monoisotopic (exact) mass is 1430 g/mol. The van der Waals surface area contributed by atoms with Gasteiger partial charge in [-0.25, -0.2) is 29.9 Å². The van der Waals surface area contributed by atoms with Crippen LogP contribution in [0.25, 0.3) is 212 Å². The van der Waals surface area contributed by atoms with Crippen molar-refractivity contribution in [2.45, 2.75) is 0 Å². The van der Waals surface area contributed by atoms with Gasteiger partial charge in [0, 0.05) is 87.8 Å². The SMILES string of the molecule is c1ccc(-c2ccc(-c3ccc4oc5cc6c7ccccc7n(-c7ccccc7)c6cc5c4c3)c(-c3nc(-c4ccccc4)nc(-c4ccccc4)n3)c2)cc1.c1ccc(-c2ccc(-c3cccc4oc5cc6c7ccccc7n(-c7ccccc7)c6cc5c34)c(-c3nc(-c4ccccc4)nc(-c4ccccc4)n3)c2)cc1. The molecule has 22 rings (SSSR count). The van der Waals surface area contributed by atoms with E-state index in [-0.39, 0.29) is 0 Å². The summed E-state index contributed by atoms with van der Waals surface area (Å²) in [5.41, 5.74) is 24.2. The van der Waals surface area contributed by atoms with Gasteiger partial charge in [0.25, 0.3) is 0 Å². The Morgan fingerprint density at radius 2 is 0.527 bits per heavy atom. The van der Waals surface area contributed by atoms with Gasteiger partial charge >= 0.3 is 0 Å². The molecule has 0 bridgehead atoms. The molecule has 112 heavy (non-hydrogen) atoms. The molecule has 0 unspecified atom stereocenters. The first-order valence-electron chi connectivity index (χ1n) is 37.5. The van der Waals surface area contributed by atoms with E-state index in [2.05, 4.69) is 264 Å². The molecule has 0 aliphatic heterocycles. The maximum atomic E-state index is 6.73. The molecule has 6 heterocycles. The topological polar surface area (TPSA) is 113 Å². The fourth-order valence-corrected chi connectivity index (χ4v) is 16.1. The van der Waals surface area contributed by atoms with Crippen LogP contribution in [0.5, 0.6) is 0 Å². The van der Waals surface area contributed by atoms with E-state index in [0.717, 1.165) is 166 Å². The second-order valence-electron chi connectivity index (χ2n) is 28.0. The highest BCUT2D eigenvalue weighted by Gasteiger charge is 2.25. The molecule has 0 saturated heterocycles. The third kappa shape index (κ3) is 11.6. The zero-order chi connectivity index (χ0) is 74.0. The lowest BCUT2D eigenvalue weighted by Gasteiger charge is -2.15. The lowest BCUT2D eigenvalue weighted by molar-refractivity contribution is 0.669. The molecule has 0 amide bonds. The molecule has 10 heteroatoms. The first-order chi connectivity index (χ1) is 55.5. The molecule has 0 aliphatic carbocycles. The summed E-state index contributed by atoms with van der Waals surface area (Å²) in [7, 11) is 0. The Bertz CT molecular complexity index is 7220. The average molecular weight is 1430 g/mol. The van der Waals surface area contributed by atoms with Gasteiger partial charge in [-0.15, -0.1) is 0 Å². The number of hydrogen-bond acceptors (Lipinski definition) is 8. The maximum absolute atomic E-state index is 6.73. The van der Waals surface area contributed by atoms with Gasteiger partial charge < -0.3 is 18.0 Å². The average Bonchev–Trinajstić information content (AvgIpc) is 1.54. The quantitative estimate of drug-likeness (QED) is 0.119. The van der Waals surface area contributed by atoms with Crippen LogP contribution in [0.4, 0.5) is 0 Å². The predicted octanol–water partition coefficient (Wildman–Crippen LogP) is 26.4. The van der Waals surface area contributed by atoms with Crippen LogP contribution < -0.4 is 0 Å². The van der Waals surface area contributed by atoms with Crippen LogP contribution >= 0.6 is 0 Å². The highest BCUT2D eigenvalue weighted by molar-refractivity contribution is 6.21. The van der Waals surface area contributed by atoms with Gasteiger partial charge in [0.15, 0.2) is 34.9 Å². The Morgan fingerprint density at radius 1 is 0.170 bits per heavy atom. The number of benzene rings is 16. The molecule has 16 aromatic carbocycles. The third-order valence-corrected chi connectivity index (χ3v) is 21.3. The molecule has 0 spiro atoms. The molecule has 6 aromatic heterocycles. The van der Waals surface area contributed by atoms with Crippen molar-refractivity contribution in [3.8, 4) is 124 Å². The van der Waals surface area contributed by atoms with Crippen LogP contribution in [-0.2, 0) is 0 Å². The Balaban J connectivity index is 0.000000141. The van der Waals surface area contributed by atoms with E-state index in [0.29, 0.717) is 34.9 Å². The van der Waals surface area contributed by atoms with Crippen molar-refractivity contribution in [2.75, 3.05) is 0 Å². The first kappa shape index (κ1) is 65.1. The lowest BCUT2D eigenvalue weighted by atomic mass is 9.92. The van der Waals surface area contributed by atoms with E-state index in [1.165, 1.54) is 10.8 Å². The van der Waals surface area contributed by atoms with E-state index in [1.807, 2.05) is 133 Å². The Morgan fingerprint density at radius 3 is 0.991 bits per heavy atom. The zero-order valence-corrected chi connectivity index (χ0v) is 60.3. The van der Waals surface area contributed by atoms with E-state index in [1.54, 1.807) is 0 Å². The van der Waals surface area contributed by atoms with Gasteiger partial charge in [0.05, 0.1) is 22.1 Å². The largest absolute Gasteiger partial charge is 0.456 e. The van der Waals surface area contributed by atoms with Gasteiger partial charge in [-0.2, -0.15) is 0 Å². The van der Waals surface area contributed by atoms with Crippen molar-refractivity contribution < 1.29 is 8.83 Å². The molecule has 0 N–H and O–H groups in total. The molecule has 0 fully saturated rings. The van der Waals surface area contributed by atoms with Crippen LogP contribution in [0.2, 0.25) is 0 Å². The molecule has 0 saturated carbocycles. The van der Waals surface area contributed by atoms with Gasteiger partial charge in [0.1, 0.15) is 22.3 Å². The summed E-state index contributed by atoms with van der Waals surface area (Å²) < 4.78 is 18.0. The predicted molar refractivity (Wildman–Crippen MR) is 457 cm³/mol. The number of para-hydroxylation sites is 4. The number of nitrogens with zero attached hydrogens (tertiary/aromatic N) is 8. The van der Waals surface area contributed by atoms with E-state index >= 15 is 0 Å². The number of aromatic nitrogens is 8. The van der Waals surface area contributed by atoms with Crippen LogP contribution in [-0.4, -0.2) is 39.0 Å². The zero-order valence-electron chi connectivity index (χ0n) is 60.3. The minimum absolute atomic E-state index is 0.599.